The molecule has 100 valence electrons. The average Bonchev–Trinajstić information content (AvgIpc) is 2.35. The average molecular weight is 261 g/mol. The van der Waals surface area contributed by atoms with Gasteiger partial charge in [0.05, 0.1) is 5.69 Å². The zero-order valence-corrected chi connectivity index (χ0v) is 10.7. The van der Waals surface area contributed by atoms with Gasteiger partial charge in [-0.15, -0.1) is 0 Å². The van der Waals surface area contributed by atoms with E-state index in [2.05, 4.69) is 15.3 Å². The van der Waals surface area contributed by atoms with E-state index in [1.54, 1.807) is 12.1 Å². The van der Waals surface area contributed by atoms with Gasteiger partial charge in [-0.3, -0.25) is 4.79 Å². The van der Waals surface area contributed by atoms with Crippen molar-refractivity contribution in [3.8, 4) is 0 Å². The zero-order chi connectivity index (χ0) is 13.7. The van der Waals surface area contributed by atoms with E-state index in [-0.39, 0.29) is 11.4 Å². The van der Waals surface area contributed by atoms with Crippen LogP contribution in [0.4, 0.5) is 4.39 Å². The monoisotopic (exact) mass is 261 g/mol. The zero-order valence-electron chi connectivity index (χ0n) is 10.7. The highest BCUT2D eigenvalue weighted by Gasteiger charge is 2.03. The van der Waals surface area contributed by atoms with E-state index in [1.165, 1.54) is 18.2 Å². The molecule has 4 nitrogen and oxygen atoms in total. The summed E-state index contributed by atoms with van der Waals surface area (Å²) in [5, 5.41) is 3.12. The van der Waals surface area contributed by atoms with Crippen molar-refractivity contribution < 1.29 is 4.39 Å². The summed E-state index contributed by atoms with van der Waals surface area (Å²) in [6.07, 6.45) is 0.410. The third kappa shape index (κ3) is 3.99. The molecule has 2 rings (SSSR count). The molecule has 0 saturated carbocycles. The van der Waals surface area contributed by atoms with Gasteiger partial charge in [0, 0.05) is 19.0 Å². The van der Waals surface area contributed by atoms with Crippen LogP contribution in [-0.2, 0) is 13.0 Å². The van der Waals surface area contributed by atoms with E-state index in [0.717, 1.165) is 12.1 Å². The molecule has 2 N–H and O–H groups in total. The molecular formula is C14H16FN3O. The Hall–Kier alpha value is -2.01. The first-order valence-corrected chi connectivity index (χ1v) is 6.21. The van der Waals surface area contributed by atoms with E-state index in [0.29, 0.717) is 24.5 Å². The molecule has 0 aliphatic carbocycles. The number of nitrogens with zero attached hydrogens (tertiary/aromatic N) is 1. The summed E-state index contributed by atoms with van der Waals surface area (Å²) in [4.78, 5) is 18.6. The van der Waals surface area contributed by atoms with Gasteiger partial charge in [0.15, 0.2) is 0 Å². The second-order valence-electron chi connectivity index (χ2n) is 4.27. The van der Waals surface area contributed by atoms with Gasteiger partial charge >= 0.3 is 0 Å². The molecule has 0 unspecified atom stereocenters. The van der Waals surface area contributed by atoms with Crippen molar-refractivity contribution in [3.05, 3.63) is 63.6 Å². The molecular weight excluding hydrogens is 245 g/mol. The predicted molar refractivity (Wildman–Crippen MR) is 71.4 cm³/mol. The Kier molecular flexibility index (Phi) is 4.41. The molecule has 0 saturated heterocycles. The van der Waals surface area contributed by atoms with E-state index in [1.807, 2.05) is 6.92 Å². The van der Waals surface area contributed by atoms with Crippen LogP contribution in [0.3, 0.4) is 0 Å². The van der Waals surface area contributed by atoms with Gasteiger partial charge in [0.2, 0.25) is 0 Å². The second kappa shape index (κ2) is 6.24. The van der Waals surface area contributed by atoms with Crippen LogP contribution in [0, 0.1) is 5.82 Å². The minimum absolute atomic E-state index is 0.186. The third-order valence-corrected chi connectivity index (χ3v) is 2.66. The number of benzene rings is 1. The van der Waals surface area contributed by atoms with Crippen molar-refractivity contribution in [2.24, 2.45) is 0 Å². The first kappa shape index (κ1) is 13.4. The van der Waals surface area contributed by atoms with Gasteiger partial charge in [-0.05, 0) is 24.2 Å². The molecule has 1 aromatic heterocycles. The summed E-state index contributed by atoms with van der Waals surface area (Å²) in [7, 11) is 0. The summed E-state index contributed by atoms with van der Waals surface area (Å²) in [6.45, 7) is 3.35. The van der Waals surface area contributed by atoms with Gasteiger partial charge in [-0.1, -0.05) is 19.1 Å². The topological polar surface area (TPSA) is 57.8 Å². The van der Waals surface area contributed by atoms with Crippen molar-refractivity contribution in [1.29, 1.82) is 0 Å². The second-order valence-corrected chi connectivity index (χ2v) is 4.27. The van der Waals surface area contributed by atoms with Crippen molar-refractivity contribution in [3.63, 3.8) is 0 Å². The molecule has 0 spiro atoms. The van der Waals surface area contributed by atoms with Crippen LogP contribution in [0.2, 0.25) is 0 Å². The van der Waals surface area contributed by atoms with Crippen molar-refractivity contribution in [2.75, 3.05) is 6.54 Å². The lowest BCUT2D eigenvalue weighted by Crippen LogP contribution is -2.18. The minimum atomic E-state index is -0.288. The fraction of sp³-hybridized carbons (Fsp3) is 0.286. The summed E-state index contributed by atoms with van der Waals surface area (Å²) in [5.41, 5.74) is 1.29. The fourth-order valence-electron chi connectivity index (χ4n) is 1.83. The maximum Gasteiger partial charge on any atom is 0.251 e. The number of H-pyrrole nitrogens is 1. The van der Waals surface area contributed by atoms with E-state index < -0.39 is 0 Å². The molecule has 0 radical (unpaired) electrons. The highest BCUT2D eigenvalue weighted by atomic mass is 19.1. The molecule has 0 fully saturated rings. The Morgan fingerprint density at radius 3 is 2.95 bits per heavy atom. The van der Waals surface area contributed by atoms with Gasteiger partial charge in [-0.25, -0.2) is 9.37 Å². The number of halogens is 1. The summed E-state index contributed by atoms with van der Waals surface area (Å²) in [6, 6.07) is 7.75. The lowest BCUT2D eigenvalue weighted by atomic mass is 10.1. The Balaban J connectivity index is 2.20. The Morgan fingerprint density at radius 2 is 2.21 bits per heavy atom. The lowest BCUT2D eigenvalue weighted by molar-refractivity contribution is 0.625. The number of nitrogens with one attached hydrogen (secondary N) is 2. The smallest absolute Gasteiger partial charge is 0.251 e. The summed E-state index contributed by atoms with van der Waals surface area (Å²) < 4.78 is 13.1. The van der Waals surface area contributed by atoms with Crippen LogP contribution in [0.5, 0.6) is 0 Å². The molecule has 5 heteroatoms. The molecule has 2 aromatic rings. The standard InChI is InChI=1S/C14H16FN3O/c1-2-16-9-12-8-14(19)18-13(17-12)7-10-4-3-5-11(15)6-10/h3-6,8,16H,2,7,9H2,1H3,(H,17,18,19). The Morgan fingerprint density at radius 1 is 1.37 bits per heavy atom. The first-order chi connectivity index (χ1) is 9.17. The largest absolute Gasteiger partial charge is 0.311 e. The highest BCUT2D eigenvalue weighted by molar-refractivity contribution is 5.20. The number of hydrogen-bond acceptors (Lipinski definition) is 3. The molecule has 1 aromatic carbocycles. The van der Waals surface area contributed by atoms with Gasteiger partial charge in [0.1, 0.15) is 11.6 Å². The molecule has 0 atom stereocenters. The Labute approximate surface area is 110 Å². The van der Waals surface area contributed by atoms with Crippen LogP contribution in [-0.4, -0.2) is 16.5 Å². The molecule has 1 heterocycles. The van der Waals surface area contributed by atoms with E-state index in [9.17, 15) is 9.18 Å². The fourth-order valence-corrected chi connectivity index (χ4v) is 1.83. The van der Waals surface area contributed by atoms with E-state index >= 15 is 0 Å². The van der Waals surface area contributed by atoms with E-state index in [4.69, 9.17) is 0 Å². The van der Waals surface area contributed by atoms with Crippen LogP contribution >= 0.6 is 0 Å². The maximum absolute atomic E-state index is 13.1. The Bertz CT molecular complexity index is 610. The van der Waals surface area contributed by atoms with Gasteiger partial charge < -0.3 is 10.3 Å². The van der Waals surface area contributed by atoms with Crippen molar-refractivity contribution in [2.45, 2.75) is 19.9 Å². The molecule has 0 amide bonds. The van der Waals surface area contributed by atoms with Crippen molar-refractivity contribution in [1.82, 2.24) is 15.3 Å². The number of aromatic amines is 1. The molecule has 0 bridgehead atoms. The highest BCUT2D eigenvalue weighted by Crippen LogP contribution is 2.07. The van der Waals surface area contributed by atoms with Gasteiger partial charge in [-0.2, -0.15) is 0 Å². The third-order valence-electron chi connectivity index (χ3n) is 2.66. The van der Waals surface area contributed by atoms with Crippen LogP contribution < -0.4 is 10.9 Å². The normalized spacial score (nSPS) is 10.6. The van der Waals surface area contributed by atoms with Gasteiger partial charge in [0.25, 0.3) is 5.56 Å². The number of aromatic nitrogens is 2. The molecule has 19 heavy (non-hydrogen) atoms. The van der Waals surface area contributed by atoms with Crippen LogP contribution in [0.1, 0.15) is 24.0 Å². The minimum Gasteiger partial charge on any atom is -0.311 e. The summed E-state index contributed by atoms with van der Waals surface area (Å²) >= 11 is 0. The summed E-state index contributed by atoms with van der Waals surface area (Å²) in [5.74, 6) is 0.259. The SMILES string of the molecule is CCNCc1cc(=O)[nH]c(Cc2cccc(F)c2)n1. The molecule has 0 aliphatic heterocycles. The van der Waals surface area contributed by atoms with Crippen LogP contribution in [0.25, 0.3) is 0 Å². The lowest BCUT2D eigenvalue weighted by Gasteiger charge is -2.05. The number of rotatable bonds is 5. The maximum atomic E-state index is 13.1. The number of hydrogen-bond donors (Lipinski definition) is 2. The first-order valence-electron chi connectivity index (χ1n) is 6.21. The van der Waals surface area contributed by atoms with Crippen molar-refractivity contribution >= 4 is 0 Å². The quantitative estimate of drug-likeness (QED) is 0.859. The molecule has 0 aliphatic rings. The predicted octanol–water partition coefficient (Wildman–Crippen LogP) is 1.61. The van der Waals surface area contributed by atoms with Crippen LogP contribution in [0.15, 0.2) is 35.1 Å².